The summed E-state index contributed by atoms with van der Waals surface area (Å²) in [5, 5.41) is 19.6. The van der Waals surface area contributed by atoms with Gasteiger partial charge in [-0.1, -0.05) is 0 Å². The summed E-state index contributed by atoms with van der Waals surface area (Å²) in [6, 6.07) is 2.32. The van der Waals surface area contributed by atoms with E-state index in [1.807, 2.05) is 6.92 Å². The molecule has 4 rings (SSSR count). The number of alkyl halides is 3. The Hall–Kier alpha value is -2.83. The third-order valence-corrected chi connectivity index (χ3v) is 5.18. The normalized spacial score (nSPS) is 23.9. The van der Waals surface area contributed by atoms with Crippen LogP contribution in [-0.2, 0) is 6.18 Å². The van der Waals surface area contributed by atoms with Crippen LogP contribution in [0, 0.1) is 16.7 Å². The van der Waals surface area contributed by atoms with E-state index in [1.165, 1.54) is 0 Å². The van der Waals surface area contributed by atoms with E-state index in [0.29, 0.717) is 18.2 Å². The van der Waals surface area contributed by atoms with Crippen LogP contribution in [0.25, 0.3) is 0 Å². The molecule has 148 valence electrons. The maximum atomic E-state index is 13.1. The smallest absolute Gasteiger partial charge is 0.370 e. The molecule has 2 fully saturated rings. The predicted octanol–water partition coefficient (Wildman–Crippen LogP) is 4.22. The van der Waals surface area contributed by atoms with Crippen LogP contribution in [-0.4, -0.2) is 26.3 Å². The molecular weight excluding hydrogens is 371 g/mol. The average molecular weight is 391 g/mol. The van der Waals surface area contributed by atoms with Crippen LogP contribution in [0.2, 0.25) is 0 Å². The zero-order valence-electron chi connectivity index (χ0n) is 15.5. The van der Waals surface area contributed by atoms with Gasteiger partial charge in [0.05, 0.1) is 28.9 Å². The van der Waals surface area contributed by atoms with Gasteiger partial charge >= 0.3 is 6.18 Å². The van der Waals surface area contributed by atoms with Crippen molar-refractivity contribution in [3.63, 3.8) is 0 Å². The molecule has 2 aliphatic carbocycles. The Bertz CT molecular complexity index is 942. The lowest BCUT2D eigenvalue weighted by atomic mass is 10.2. The van der Waals surface area contributed by atoms with Crippen molar-refractivity contribution in [2.24, 2.45) is 5.41 Å². The van der Waals surface area contributed by atoms with Gasteiger partial charge in [0, 0.05) is 24.9 Å². The van der Waals surface area contributed by atoms with Gasteiger partial charge in [0.1, 0.15) is 11.4 Å². The van der Waals surface area contributed by atoms with Crippen molar-refractivity contribution in [1.82, 2.24) is 19.7 Å². The number of rotatable bonds is 6. The molecule has 2 aromatic rings. The highest BCUT2D eigenvalue weighted by atomic mass is 19.4. The van der Waals surface area contributed by atoms with Crippen LogP contribution in [0.15, 0.2) is 12.4 Å². The molecule has 0 bridgehead atoms. The summed E-state index contributed by atoms with van der Waals surface area (Å²) in [4.78, 5) is 7.86. The number of hydrogen-bond acceptors (Lipinski definition) is 6. The number of nitrogens with one attached hydrogen (secondary N) is 2. The number of aromatic nitrogens is 4. The first-order valence-corrected chi connectivity index (χ1v) is 9.20. The number of nitrogens with zero attached hydrogens (tertiary/aromatic N) is 5. The topological polar surface area (TPSA) is 91.5 Å². The lowest BCUT2D eigenvalue weighted by Gasteiger charge is -2.13. The third-order valence-electron chi connectivity index (χ3n) is 5.18. The van der Waals surface area contributed by atoms with E-state index in [1.54, 1.807) is 17.8 Å². The molecule has 7 nitrogen and oxygen atoms in total. The third kappa shape index (κ3) is 3.37. The monoisotopic (exact) mass is 391 g/mol. The summed E-state index contributed by atoms with van der Waals surface area (Å²) in [7, 11) is 0. The highest BCUT2D eigenvalue weighted by Crippen LogP contribution is 2.56. The zero-order chi connectivity index (χ0) is 20.1. The molecule has 2 aliphatic rings. The molecule has 2 heterocycles. The lowest BCUT2D eigenvalue weighted by molar-refractivity contribution is -0.137. The zero-order valence-corrected chi connectivity index (χ0v) is 15.5. The first-order chi connectivity index (χ1) is 13.2. The summed E-state index contributed by atoms with van der Waals surface area (Å²) < 4.78 is 41.2. The second-order valence-corrected chi connectivity index (χ2v) is 7.54. The van der Waals surface area contributed by atoms with E-state index in [9.17, 15) is 18.4 Å². The molecule has 28 heavy (non-hydrogen) atoms. The van der Waals surface area contributed by atoms with E-state index in [0.717, 1.165) is 31.2 Å². The molecule has 0 spiro atoms. The van der Waals surface area contributed by atoms with Crippen molar-refractivity contribution >= 4 is 17.5 Å². The molecule has 10 heteroatoms. The highest BCUT2D eigenvalue weighted by Gasteiger charge is 2.53. The largest absolute Gasteiger partial charge is 0.421 e. The van der Waals surface area contributed by atoms with Gasteiger partial charge in [0.15, 0.2) is 0 Å². The number of anilines is 3. The molecule has 2 saturated carbocycles. The fraction of sp³-hybridized carbons (Fsp3) is 0.556. The molecular formula is C18H20F3N7. The molecule has 0 aliphatic heterocycles. The maximum Gasteiger partial charge on any atom is 0.421 e. The summed E-state index contributed by atoms with van der Waals surface area (Å²) in [5.74, 6) is 0.134. The van der Waals surface area contributed by atoms with Crippen LogP contribution >= 0.6 is 0 Å². The van der Waals surface area contributed by atoms with E-state index in [-0.39, 0.29) is 17.8 Å². The van der Waals surface area contributed by atoms with Gasteiger partial charge in [-0.15, -0.1) is 0 Å². The first-order valence-electron chi connectivity index (χ1n) is 9.20. The summed E-state index contributed by atoms with van der Waals surface area (Å²) in [5.41, 5.74) is 0.200. The van der Waals surface area contributed by atoms with E-state index in [4.69, 9.17) is 0 Å². The van der Waals surface area contributed by atoms with Crippen LogP contribution < -0.4 is 10.6 Å². The number of hydrogen-bond donors (Lipinski definition) is 2. The quantitative estimate of drug-likeness (QED) is 0.766. The Morgan fingerprint density at radius 3 is 2.71 bits per heavy atom. The van der Waals surface area contributed by atoms with Crippen LogP contribution in [0.3, 0.4) is 0 Å². The van der Waals surface area contributed by atoms with Gasteiger partial charge in [-0.3, -0.25) is 4.68 Å². The van der Waals surface area contributed by atoms with Crippen molar-refractivity contribution in [3.05, 3.63) is 23.7 Å². The van der Waals surface area contributed by atoms with E-state index < -0.39 is 17.2 Å². The van der Waals surface area contributed by atoms with Crippen molar-refractivity contribution in [2.75, 3.05) is 17.2 Å². The molecule has 2 N–H and O–H groups in total. The lowest BCUT2D eigenvalue weighted by Crippen LogP contribution is -2.14. The molecule has 0 unspecified atom stereocenters. The van der Waals surface area contributed by atoms with Crippen molar-refractivity contribution < 1.29 is 13.2 Å². The first kappa shape index (κ1) is 18.5. The summed E-state index contributed by atoms with van der Waals surface area (Å²) >= 11 is 0. The SMILES string of the molecule is CCNc1nc(Nc2cn([C@H]3C[C@@]3(C)C#N)nc2C2CC2)ncc1C(F)(F)F. The van der Waals surface area contributed by atoms with Gasteiger partial charge in [-0.25, -0.2) is 4.98 Å². The van der Waals surface area contributed by atoms with Crippen LogP contribution in [0.1, 0.15) is 56.3 Å². The van der Waals surface area contributed by atoms with E-state index >= 15 is 0 Å². The Morgan fingerprint density at radius 2 is 2.14 bits per heavy atom. The van der Waals surface area contributed by atoms with Gasteiger partial charge < -0.3 is 10.6 Å². The Labute approximate surface area is 160 Å². The molecule has 2 aromatic heterocycles. The maximum absolute atomic E-state index is 13.1. The molecule has 0 aromatic carbocycles. The summed E-state index contributed by atoms with van der Waals surface area (Å²) in [6.45, 7) is 3.90. The van der Waals surface area contributed by atoms with Gasteiger partial charge in [-0.2, -0.15) is 28.5 Å². The van der Waals surface area contributed by atoms with Gasteiger partial charge in [0.25, 0.3) is 0 Å². The minimum absolute atomic E-state index is 0.0105. The molecule has 0 radical (unpaired) electrons. The van der Waals surface area contributed by atoms with Crippen LogP contribution in [0.5, 0.6) is 0 Å². The van der Waals surface area contributed by atoms with Crippen molar-refractivity contribution in [1.29, 1.82) is 5.26 Å². The summed E-state index contributed by atoms with van der Waals surface area (Å²) in [6.07, 6.45) is 0.811. The van der Waals surface area contributed by atoms with Crippen molar-refractivity contribution in [2.45, 2.75) is 51.2 Å². The number of halogens is 3. The fourth-order valence-electron chi connectivity index (χ4n) is 3.24. The van der Waals surface area contributed by atoms with Gasteiger partial charge in [0.2, 0.25) is 5.95 Å². The molecule has 0 amide bonds. The predicted molar refractivity (Wildman–Crippen MR) is 96.1 cm³/mol. The molecule has 0 saturated heterocycles. The standard InChI is InChI=1S/C18H20F3N7/c1-3-23-15-11(18(19,20)21)7-24-16(26-15)25-12-8-28(13-6-17(13,2)9-22)27-14(12)10-4-5-10/h7-8,10,13H,3-6H2,1-2H3,(H2,23,24,25,26)/t13-,17-/m0/s1. The Kier molecular flexibility index (Phi) is 4.21. The Balaban J connectivity index is 1.63. The average Bonchev–Trinajstić information content (AvgIpc) is 3.54. The second kappa shape index (κ2) is 6.36. The minimum Gasteiger partial charge on any atom is -0.370 e. The fourth-order valence-corrected chi connectivity index (χ4v) is 3.24. The number of nitriles is 1. The van der Waals surface area contributed by atoms with Crippen molar-refractivity contribution in [3.8, 4) is 6.07 Å². The Morgan fingerprint density at radius 1 is 1.39 bits per heavy atom. The van der Waals surface area contributed by atoms with E-state index in [2.05, 4.69) is 31.8 Å². The van der Waals surface area contributed by atoms with Gasteiger partial charge in [-0.05, 0) is 33.1 Å². The molecule has 2 atom stereocenters. The highest BCUT2D eigenvalue weighted by molar-refractivity contribution is 5.59. The second-order valence-electron chi connectivity index (χ2n) is 7.54. The van der Waals surface area contributed by atoms with Crippen LogP contribution in [0.4, 0.5) is 30.6 Å². The minimum atomic E-state index is -4.53.